The summed E-state index contributed by atoms with van der Waals surface area (Å²) in [5.41, 5.74) is 0.658. The maximum absolute atomic E-state index is 10.5. The van der Waals surface area contributed by atoms with Crippen LogP contribution in [0.25, 0.3) is 0 Å². The Kier molecular flexibility index (Phi) is 2.33. The second-order valence-electron chi connectivity index (χ2n) is 5.03. The average Bonchev–Trinajstić information content (AvgIpc) is 2.52. The molecule has 1 saturated carbocycles. The van der Waals surface area contributed by atoms with Crippen molar-refractivity contribution in [1.82, 2.24) is 0 Å². The molecule has 3 heteroatoms. The smallest absolute Gasteiger partial charge is 0.0920 e. The van der Waals surface area contributed by atoms with E-state index in [1.165, 1.54) is 0 Å². The largest absolute Gasteiger partial charge is 0.385 e. The quantitative estimate of drug-likeness (QED) is 0.871. The molecular formula is C11H15BrOS. The van der Waals surface area contributed by atoms with Crippen LogP contribution < -0.4 is 0 Å². The molecule has 78 valence electrons. The first kappa shape index (κ1) is 10.7. The Balaban J connectivity index is 2.30. The second-order valence-corrected chi connectivity index (χ2v) is 6.62. The molecule has 1 nitrogen and oxygen atoms in total. The molecule has 1 aliphatic rings. The van der Waals surface area contributed by atoms with E-state index < -0.39 is 5.60 Å². The molecule has 14 heavy (non-hydrogen) atoms. The lowest BCUT2D eigenvalue weighted by atomic mass is 9.89. The van der Waals surface area contributed by atoms with Crippen LogP contribution in [-0.4, -0.2) is 5.11 Å². The van der Waals surface area contributed by atoms with E-state index in [0.717, 1.165) is 16.5 Å². The van der Waals surface area contributed by atoms with E-state index in [2.05, 4.69) is 29.8 Å². The van der Waals surface area contributed by atoms with Crippen LogP contribution in [0, 0.1) is 11.3 Å². The van der Waals surface area contributed by atoms with Gasteiger partial charge < -0.3 is 5.11 Å². The van der Waals surface area contributed by atoms with Gasteiger partial charge in [0, 0.05) is 15.4 Å². The summed E-state index contributed by atoms with van der Waals surface area (Å²) < 4.78 is 1.04. The van der Waals surface area contributed by atoms with Crippen LogP contribution >= 0.6 is 27.3 Å². The molecule has 0 aliphatic heterocycles. The molecule has 0 aromatic carbocycles. The monoisotopic (exact) mass is 274 g/mol. The van der Waals surface area contributed by atoms with Crippen molar-refractivity contribution in [2.75, 3.05) is 0 Å². The van der Waals surface area contributed by atoms with Gasteiger partial charge >= 0.3 is 0 Å². The van der Waals surface area contributed by atoms with Crippen molar-refractivity contribution in [3.05, 3.63) is 20.8 Å². The zero-order valence-corrected chi connectivity index (χ0v) is 11.1. The van der Waals surface area contributed by atoms with Gasteiger partial charge in [-0.05, 0) is 46.0 Å². The zero-order valence-electron chi connectivity index (χ0n) is 8.67. The predicted octanol–water partition coefficient (Wildman–Crippen LogP) is 3.76. The molecule has 1 N–H and O–H groups in total. The minimum Gasteiger partial charge on any atom is -0.385 e. The van der Waals surface area contributed by atoms with Crippen molar-refractivity contribution in [3.63, 3.8) is 0 Å². The maximum Gasteiger partial charge on any atom is 0.0920 e. The highest BCUT2D eigenvalue weighted by molar-refractivity contribution is 9.10. The molecule has 0 amide bonds. The number of hydrogen-bond donors (Lipinski definition) is 1. The molecule has 0 saturated heterocycles. The van der Waals surface area contributed by atoms with Crippen LogP contribution in [0.3, 0.4) is 0 Å². The van der Waals surface area contributed by atoms with Gasteiger partial charge in [0.1, 0.15) is 0 Å². The summed E-state index contributed by atoms with van der Waals surface area (Å²) in [6.07, 6.45) is 1.11. The van der Waals surface area contributed by atoms with E-state index in [9.17, 15) is 5.11 Å². The summed E-state index contributed by atoms with van der Waals surface area (Å²) >= 11 is 5.12. The van der Waals surface area contributed by atoms with E-state index >= 15 is 0 Å². The van der Waals surface area contributed by atoms with E-state index in [0.29, 0.717) is 11.3 Å². The molecule has 1 fully saturated rings. The van der Waals surface area contributed by atoms with E-state index in [-0.39, 0.29) is 0 Å². The summed E-state index contributed by atoms with van der Waals surface area (Å²) in [7, 11) is 0. The van der Waals surface area contributed by atoms with Gasteiger partial charge in [-0.15, -0.1) is 0 Å². The van der Waals surface area contributed by atoms with Gasteiger partial charge in [0.15, 0.2) is 0 Å². The Bertz CT molecular complexity index is 354. The summed E-state index contributed by atoms with van der Waals surface area (Å²) in [5.74, 6) is 0.390. The Morgan fingerprint density at radius 2 is 2.14 bits per heavy atom. The third-order valence-electron chi connectivity index (χ3n) is 3.35. The summed E-state index contributed by atoms with van der Waals surface area (Å²) in [4.78, 5) is 0. The molecule has 1 aliphatic carbocycles. The Morgan fingerprint density at radius 1 is 1.57 bits per heavy atom. The Hall–Kier alpha value is 0.140. The number of rotatable bonds is 2. The lowest BCUT2D eigenvalue weighted by Crippen LogP contribution is -2.26. The van der Waals surface area contributed by atoms with E-state index in [4.69, 9.17) is 0 Å². The van der Waals surface area contributed by atoms with Crippen molar-refractivity contribution < 1.29 is 5.11 Å². The number of halogens is 1. The van der Waals surface area contributed by atoms with Gasteiger partial charge in [0.2, 0.25) is 0 Å². The van der Waals surface area contributed by atoms with E-state index in [1.807, 2.05) is 17.7 Å². The fraction of sp³-hybridized carbons (Fsp3) is 0.636. The van der Waals surface area contributed by atoms with Gasteiger partial charge in [-0.1, -0.05) is 13.8 Å². The topological polar surface area (TPSA) is 20.2 Å². The van der Waals surface area contributed by atoms with Gasteiger partial charge in [0.25, 0.3) is 0 Å². The standard InChI is InChI=1S/C11H15BrOS/c1-10(2)4-9(10)11(3,13)7-5-14-6-8(7)12/h5-6,9,13H,4H2,1-3H3. The molecular weight excluding hydrogens is 260 g/mol. The predicted molar refractivity (Wildman–Crippen MR) is 63.5 cm³/mol. The molecule has 2 atom stereocenters. The van der Waals surface area contributed by atoms with Crippen molar-refractivity contribution in [1.29, 1.82) is 0 Å². The lowest BCUT2D eigenvalue weighted by molar-refractivity contribution is 0.0206. The zero-order chi connectivity index (χ0) is 10.6. The minimum atomic E-state index is -0.678. The Labute approximate surface area is 97.3 Å². The van der Waals surface area contributed by atoms with Crippen LogP contribution in [0.4, 0.5) is 0 Å². The first-order chi connectivity index (χ1) is 6.36. The molecule has 0 spiro atoms. The van der Waals surface area contributed by atoms with Crippen molar-refractivity contribution in [3.8, 4) is 0 Å². The summed E-state index contributed by atoms with van der Waals surface area (Å²) in [6.45, 7) is 6.36. The van der Waals surface area contributed by atoms with Crippen LogP contribution in [0.15, 0.2) is 15.2 Å². The lowest BCUT2D eigenvalue weighted by Gasteiger charge is -2.25. The van der Waals surface area contributed by atoms with Crippen LogP contribution in [0.1, 0.15) is 32.8 Å². The minimum absolute atomic E-state index is 0.297. The van der Waals surface area contributed by atoms with Crippen molar-refractivity contribution in [2.24, 2.45) is 11.3 Å². The third-order valence-corrected chi connectivity index (χ3v) is 5.05. The fourth-order valence-corrected chi connectivity index (χ4v) is 4.06. The van der Waals surface area contributed by atoms with Crippen molar-refractivity contribution in [2.45, 2.75) is 32.8 Å². The highest BCUT2D eigenvalue weighted by atomic mass is 79.9. The highest BCUT2D eigenvalue weighted by Gasteiger charge is 2.56. The third kappa shape index (κ3) is 1.55. The normalized spacial score (nSPS) is 28.5. The van der Waals surface area contributed by atoms with Gasteiger partial charge in [-0.2, -0.15) is 11.3 Å². The fourth-order valence-electron chi connectivity index (χ4n) is 2.26. The molecule has 1 aromatic heterocycles. The van der Waals surface area contributed by atoms with Gasteiger partial charge in [0.05, 0.1) is 5.60 Å². The summed E-state index contributed by atoms with van der Waals surface area (Å²) in [6, 6.07) is 0. The van der Waals surface area contributed by atoms with Crippen molar-refractivity contribution >= 4 is 27.3 Å². The van der Waals surface area contributed by atoms with Crippen LogP contribution in [0.2, 0.25) is 0 Å². The molecule has 1 aromatic rings. The van der Waals surface area contributed by atoms with E-state index in [1.54, 1.807) is 11.3 Å². The molecule has 2 rings (SSSR count). The molecule has 0 bridgehead atoms. The SMILES string of the molecule is CC1(C)CC1C(C)(O)c1cscc1Br. The Morgan fingerprint density at radius 3 is 2.50 bits per heavy atom. The van der Waals surface area contributed by atoms with Gasteiger partial charge in [-0.3, -0.25) is 0 Å². The second kappa shape index (κ2) is 3.06. The highest BCUT2D eigenvalue weighted by Crippen LogP contribution is 2.60. The first-order valence-electron chi connectivity index (χ1n) is 4.80. The average molecular weight is 275 g/mol. The molecule has 1 heterocycles. The van der Waals surface area contributed by atoms with Crippen LogP contribution in [-0.2, 0) is 5.60 Å². The number of aliphatic hydroxyl groups is 1. The molecule has 0 radical (unpaired) electrons. The molecule has 2 unspecified atom stereocenters. The number of hydrogen-bond acceptors (Lipinski definition) is 2. The maximum atomic E-state index is 10.5. The van der Waals surface area contributed by atoms with Crippen LogP contribution in [0.5, 0.6) is 0 Å². The first-order valence-corrected chi connectivity index (χ1v) is 6.54. The summed E-state index contributed by atoms with van der Waals surface area (Å²) in [5, 5.41) is 14.6. The number of thiophene rings is 1. The van der Waals surface area contributed by atoms with Gasteiger partial charge in [-0.25, -0.2) is 0 Å².